The van der Waals surface area contributed by atoms with E-state index in [1.165, 1.54) is 13.2 Å². The highest BCUT2D eigenvalue weighted by molar-refractivity contribution is 5.97. The Balaban J connectivity index is 1.79. The van der Waals surface area contributed by atoms with Crippen LogP contribution in [0.15, 0.2) is 42.7 Å². The summed E-state index contributed by atoms with van der Waals surface area (Å²) in [6.45, 7) is 0.474. The van der Waals surface area contributed by atoms with Crippen LogP contribution in [-0.4, -0.2) is 35.0 Å². The summed E-state index contributed by atoms with van der Waals surface area (Å²) in [5, 5.41) is 2.83. The number of nitrogens with one attached hydrogen (secondary N) is 1. The van der Waals surface area contributed by atoms with Gasteiger partial charge in [-0.15, -0.1) is 0 Å². The minimum absolute atomic E-state index is 0.213. The molecular weight excluding hydrogens is 320 g/mol. The molecule has 1 fully saturated rings. The van der Waals surface area contributed by atoms with Gasteiger partial charge in [0.05, 0.1) is 12.8 Å². The van der Waals surface area contributed by atoms with Crippen LogP contribution in [0.25, 0.3) is 0 Å². The van der Waals surface area contributed by atoms with Gasteiger partial charge in [-0.1, -0.05) is 6.07 Å². The molecule has 0 unspecified atom stereocenters. The highest BCUT2D eigenvalue weighted by Gasteiger charge is 2.33. The number of nitrogens with zero attached hydrogens (tertiary/aromatic N) is 2. The Hall–Kier alpha value is -3.09. The molecule has 1 heterocycles. The molecule has 7 heteroatoms. The van der Waals surface area contributed by atoms with Gasteiger partial charge in [-0.25, -0.2) is 4.79 Å². The lowest BCUT2D eigenvalue weighted by Gasteiger charge is -2.23. The number of amides is 3. The predicted molar refractivity (Wildman–Crippen MR) is 93.3 cm³/mol. The summed E-state index contributed by atoms with van der Waals surface area (Å²) < 4.78 is 5.26. The number of aromatic nitrogens is 1. The van der Waals surface area contributed by atoms with Gasteiger partial charge in [0.1, 0.15) is 5.75 Å². The molecule has 3 N–H and O–H groups in total. The molecule has 0 atom stereocenters. The number of carbonyl (C=O) groups is 2. The first kappa shape index (κ1) is 16.8. The Morgan fingerprint density at radius 1 is 1.36 bits per heavy atom. The van der Waals surface area contributed by atoms with E-state index in [9.17, 15) is 9.59 Å². The van der Waals surface area contributed by atoms with Gasteiger partial charge >= 0.3 is 6.03 Å². The van der Waals surface area contributed by atoms with Crippen molar-refractivity contribution in [2.24, 2.45) is 5.73 Å². The lowest BCUT2D eigenvalue weighted by Crippen LogP contribution is -2.36. The van der Waals surface area contributed by atoms with Crippen LogP contribution in [0.4, 0.5) is 10.5 Å². The van der Waals surface area contributed by atoms with Crippen LogP contribution in [-0.2, 0) is 6.54 Å². The van der Waals surface area contributed by atoms with E-state index in [0.29, 0.717) is 23.5 Å². The minimum atomic E-state index is -0.562. The van der Waals surface area contributed by atoms with Gasteiger partial charge in [-0.2, -0.15) is 0 Å². The third-order valence-electron chi connectivity index (χ3n) is 4.05. The Labute approximate surface area is 145 Å². The van der Waals surface area contributed by atoms with Gasteiger partial charge in [-0.3, -0.25) is 9.78 Å². The summed E-state index contributed by atoms with van der Waals surface area (Å²) in [5.41, 5.74) is 7.00. The zero-order valence-electron chi connectivity index (χ0n) is 13.9. The largest absolute Gasteiger partial charge is 0.495 e. The standard InChI is InChI=1S/C18H20N4O3/c1-25-16-7-4-13(17(19)23)9-15(16)21-18(24)22(14-5-6-14)11-12-3-2-8-20-10-12/h2-4,7-10,14H,5-6,11H2,1H3,(H2,19,23)(H,21,24). The number of benzene rings is 1. The highest BCUT2D eigenvalue weighted by atomic mass is 16.5. The maximum atomic E-state index is 12.8. The summed E-state index contributed by atoms with van der Waals surface area (Å²) in [4.78, 5) is 30.0. The van der Waals surface area contributed by atoms with Crippen LogP contribution in [0.5, 0.6) is 5.75 Å². The van der Waals surface area contributed by atoms with Crippen LogP contribution in [0.1, 0.15) is 28.8 Å². The van der Waals surface area contributed by atoms with Crippen LogP contribution in [0, 0.1) is 0 Å². The zero-order chi connectivity index (χ0) is 17.8. The minimum Gasteiger partial charge on any atom is -0.495 e. The molecule has 1 aromatic heterocycles. The highest BCUT2D eigenvalue weighted by Crippen LogP contribution is 2.31. The second-order valence-corrected chi connectivity index (χ2v) is 5.93. The SMILES string of the molecule is COc1ccc(C(N)=O)cc1NC(=O)N(Cc1cccnc1)C1CC1. The molecule has 7 nitrogen and oxygen atoms in total. The van der Waals surface area contributed by atoms with Crippen molar-refractivity contribution < 1.29 is 14.3 Å². The number of anilines is 1. The van der Waals surface area contributed by atoms with Gasteiger partial charge in [0, 0.05) is 30.5 Å². The van der Waals surface area contributed by atoms with E-state index in [4.69, 9.17) is 10.5 Å². The van der Waals surface area contributed by atoms with Crippen LogP contribution < -0.4 is 15.8 Å². The number of urea groups is 1. The number of hydrogen-bond donors (Lipinski definition) is 2. The Bertz CT molecular complexity index is 775. The maximum absolute atomic E-state index is 12.8. The van der Waals surface area contributed by atoms with E-state index in [1.54, 1.807) is 29.4 Å². The van der Waals surface area contributed by atoms with E-state index in [2.05, 4.69) is 10.3 Å². The normalized spacial score (nSPS) is 13.2. The molecule has 25 heavy (non-hydrogen) atoms. The molecule has 3 amide bonds. The Kier molecular flexibility index (Phi) is 4.83. The first-order chi connectivity index (χ1) is 12.1. The first-order valence-corrected chi connectivity index (χ1v) is 8.03. The van der Waals surface area contributed by atoms with Gasteiger partial charge in [0.15, 0.2) is 0 Å². The molecule has 0 bridgehead atoms. The molecule has 1 aromatic carbocycles. The van der Waals surface area contributed by atoms with Crippen molar-refractivity contribution in [1.29, 1.82) is 0 Å². The van der Waals surface area contributed by atoms with E-state index in [0.717, 1.165) is 18.4 Å². The number of rotatable bonds is 6. The topological polar surface area (TPSA) is 97.5 Å². The summed E-state index contributed by atoms with van der Waals surface area (Å²) in [5.74, 6) is -0.0944. The molecule has 0 spiro atoms. The van der Waals surface area contributed by atoms with Crippen LogP contribution in [0.2, 0.25) is 0 Å². The number of primary amides is 1. The average molecular weight is 340 g/mol. The fourth-order valence-electron chi connectivity index (χ4n) is 2.59. The van der Waals surface area contributed by atoms with Crippen molar-refractivity contribution in [1.82, 2.24) is 9.88 Å². The van der Waals surface area contributed by atoms with Crippen LogP contribution >= 0.6 is 0 Å². The second-order valence-electron chi connectivity index (χ2n) is 5.93. The molecule has 1 aliphatic carbocycles. The average Bonchev–Trinajstić information content (AvgIpc) is 3.45. The van der Waals surface area contributed by atoms with Gasteiger partial charge in [0.25, 0.3) is 0 Å². The number of carbonyl (C=O) groups excluding carboxylic acids is 2. The summed E-state index contributed by atoms with van der Waals surface area (Å²) in [7, 11) is 1.50. The van der Waals surface area contributed by atoms with Gasteiger partial charge in [-0.05, 0) is 42.7 Å². The number of methoxy groups -OCH3 is 1. The fourth-order valence-corrected chi connectivity index (χ4v) is 2.59. The molecule has 1 saturated carbocycles. The summed E-state index contributed by atoms with van der Waals surface area (Å²) in [6, 6.07) is 8.44. The molecule has 3 rings (SSSR count). The van der Waals surface area contributed by atoms with Crippen molar-refractivity contribution in [3.05, 3.63) is 53.9 Å². The third kappa shape index (κ3) is 4.06. The van der Waals surface area contributed by atoms with E-state index >= 15 is 0 Å². The molecule has 0 radical (unpaired) electrons. The number of pyridine rings is 1. The number of ether oxygens (including phenoxy) is 1. The zero-order valence-corrected chi connectivity index (χ0v) is 13.9. The van der Waals surface area contributed by atoms with Crippen molar-refractivity contribution in [2.75, 3.05) is 12.4 Å². The fraction of sp³-hybridized carbons (Fsp3) is 0.278. The lowest BCUT2D eigenvalue weighted by atomic mass is 10.1. The Morgan fingerprint density at radius 2 is 2.16 bits per heavy atom. The Morgan fingerprint density at radius 3 is 2.76 bits per heavy atom. The van der Waals surface area contributed by atoms with Gasteiger partial charge < -0.3 is 20.7 Å². The molecule has 1 aliphatic rings. The summed E-state index contributed by atoms with van der Waals surface area (Å²) in [6.07, 6.45) is 5.40. The third-order valence-corrected chi connectivity index (χ3v) is 4.05. The number of nitrogens with two attached hydrogens (primary N) is 1. The second kappa shape index (κ2) is 7.21. The molecular formula is C18H20N4O3. The predicted octanol–water partition coefficient (Wildman–Crippen LogP) is 2.39. The van der Waals surface area contributed by atoms with E-state index in [1.807, 2.05) is 12.1 Å². The maximum Gasteiger partial charge on any atom is 0.322 e. The number of hydrogen-bond acceptors (Lipinski definition) is 4. The van der Waals surface area contributed by atoms with Crippen molar-refractivity contribution in [3.63, 3.8) is 0 Å². The lowest BCUT2D eigenvalue weighted by molar-refractivity contribution is 0.1000. The van der Waals surface area contributed by atoms with Crippen LogP contribution in [0.3, 0.4) is 0 Å². The van der Waals surface area contributed by atoms with Crippen molar-refractivity contribution >= 4 is 17.6 Å². The van der Waals surface area contributed by atoms with Crippen molar-refractivity contribution in [3.8, 4) is 5.75 Å². The molecule has 2 aromatic rings. The molecule has 130 valence electrons. The van der Waals surface area contributed by atoms with E-state index in [-0.39, 0.29) is 12.1 Å². The monoisotopic (exact) mass is 340 g/mol. The van der Waals surface area contributed by atoms with Gasteiger partial charge in [0.2, 0.25) is 5.91 Å². The molecule has 0 saturated heterocycles. The first-order valence-electron chi connectivity index (χ1n) is 8.03. The summed E-state index contributed by atoms with van der Waals surface area (Å²) >= 11 is 0. The quantitative estimate of drug-likeness (QED) is 0.843. The smallest absolute Gasteiger partial charge is 0.322 e. The van der Waals surface area contributed by atoms with Crippen molar-refractivity contribution in [2.45, 2.75) is 25.4 Å². The molecule has 0 aliphatic heterocycles. The van der Waals surface area contributed by atoms with E-state index < -0.39 is 5.91 Å².